The maximum atomic E-state index is 5.65. The summed E-state index contributed by atoms with van der Waals surface area (Å²) < 4.78 is 5.65. The first-order chi connectivity index (χ1) is 13.3. The lowest BCUT2D eigenvalue weighted by Crippen LogP contribution is -2.59. The first kappa shape index (κ1) is 18.0. The highest BCUT2D eigenvalue weighted by Crippen LogP contribution is 2.21. The summed E-state index contributed by atoms with van der Waals surface area (Å²) in [6, 6.07) is 10.3. The predicted octanol–water partition coefficient (Wildman–Crippen LogP) is 2.16. The summed E-state index contributed by atoms with van der Waals surface area (Å²) in [5, 5.41) is 7.25. The third-order valence-corrected chi connectivity index (χ3v) is 5.62. The molecule has 2 heterocycles. The zero-order chi connectivity index (χ0) is 18.5. The van der Waals surface area contributed by atoms with Gasteiger partial charge in [-0.3, -0.25) is 15.0 Å². The number of thioether (sulfide) groups is 1. The number of benzene rings is 1. The van der Waals surface area contributed by atoms with Gasteiger partial charge in [0, 0.05) is 17.9 Å². The Bertz CT molecular complexity index is 807. The first-order valence-corrected chi connectivity index (χ1v) is 9.99. The third kappa shape index (κ3) is 4.31. The number of hydrogen-bond donors (Lipinski definition) is 2. The molecular weight excluding hydrogens is 358 g/mol. The van der Waals surface area contributed by atoms with E-state index >= 15 is 0 Å². The van der Waals surface area contributed by atoms with E-state index in [1.807, 2.05) is 29.8 Å². The van der Waals surface area contributed by atoms with Crippen LogP contribution in [0.5, 0.6) is 0 Å². The molecule has 2 aliphatic heterocycles. The summed E-state index contributed by atoms with van der Waals surface area (Å²) >= 11 is 1.74. The Hall–Kier alpha value is -2.38. The number of methoxy groups -OCH3 is 1. The molecule has 6 nitrogen and oxygen atoms in total. The summed E-state index contributed by atoms with van der Waals surface area (Å²) in [6.07, 6.45) is 6.11. The van der Waals surface area contributed by atoms with Crippen molar-refractivity contribution in [3.05, 3.63) is 59.7 Å². The second-order valence-electron chi connectivity index (χ2n) is 6.52. The fourth-order valence-electron chi connectivity index (χ4n) is 3.23. The van der Waals surface area contributed by atoms with Crippen LogP contribution in [-0.4, -0.2) is 54.9 Å². The van der Waals surface area contributed by atoms with E-state index in [0.717, 1.165) is 23.9 Å². The van der Waals surface area contributed by atoms with E-state index in [4.69, 9.17) is 14.7 Å². The molecular formula is C20H23N5OS. The Labute approximate surface area is 163 Å². The average molecular weight is 382 g/mol. The van der Waals surface area contributed by atoms with Crippen LogP contribution in [0, 0.1) is 0 Å². The van der Waals surface area contributed by atoms with Crippen molar-refractivity contribution in [2.75, 3.05) is 20.2 Å². The zero-order valence-corrected chi connectivity index (χ0v) is 16.0. The minimum atomic E-state index is -0.0524. The van der Waals surface area contributed by atoms with Crippen LogP contribution in [0.3, 0.4) is 0 Å². The number of allylic oxidation sites excluding steroid dienone is 2. The van der Waals surface area contributed by atoms with E-state index in [1.165, 1.54) is 5.56 Å². The molecule has 27 heavy (non-hydrogen) atoms. The summed E-state index contributed by atoms with van der Waals surface area (Å²) in [6.45, 7) is 2.16. The summed E-state index contributed by atoms with van der Waals surface area (Å²) in [5.41, 5.74) is 4.18. The minimum Gasteiger partial charge on any atom is -0.375 e. The Morgan fingerprint density at radius 2 is 2.15 bits per heavy atom. The van der Waals surface area contributed by atoms with Gasteiger partial charge in [-0.15, -0.1) is 11.8 Å². The maximum absolute atomic E-state index is 5.65. The van der Waals surface area contributed by atoms with Crippen molar-refractivity contribution >= 4 is 29.1 Å². The smallest absolute Gasteiger partial charge is 0.197 e. The van der Waals surface area contributed by atoms with E-state index < -0.39 is 0 Å². The van der Waals surface area contributed by atoms with Crippen molar-refractivity contribution in [1.82, 2.24) is 10.6 Å². The molecule has 0 aromatic heterocycles. The Balaban J connectivity index is 1.55. The third-order valence-electron chi connectivity index (χ3n) is 4.67. The van der Waals surface area contributed by atoms with Crippen LogP contribution >= 0.6 is 11.8 Å². The highest BCUT2D eigenvalue weighted by Gasteiger charge is 2.33. The van der Waals surface area contributed by atoms with Gasteiger partial charge in [0.1, 0.15) is 11.9 Å². The van der Waals surface area contributed by atoms with Crippen molar-refractivity contribution in [2.45, 2.75) is 23.9 Å². The van der Waals surface area contributed by atoms with Gasteiger partial charge < -0.3 is 15.4 Å². The molecule has 0 radical (unpaired) electrons. The molecule has 140 valence electrons. The topological polar surface area (TPSA) is 70.4 Å². The van der Waals surface area contributed by atoms with Gasteiger partial charge in [0.15, 0.2) is 5.96 Å². The molecule has 1 aliphatic carbocycles. The molecule has 3 aliphatic rings. The molecule has 7 heteroatoms. The number of nitrogens with one attached hydrogen (secondary N) is 2. The van der Waals surface area contributed by atoms with Crippen LogP contribution < -0.4 is 10.6 Å². The second kappa shape index (κ2) is 8.54. The molecule has 1 fully saturated rings. The number of rotatable bonds is 5. The molecule has 4 rings (SSSR count). The van der Waals surface area contributed by atoms with E-state index in [1.54, 1.807) is 18.9 Å². The molecule has 0 bridgehead atoms. The van der Waals surface area contributed by atoms with Crippen molar-refractivity contribution in [3.8, 4) is 0 Å². The van der Waals surface area contributed by atoms with E-state index in [9.17, 15) is 0 Å². The van der Waals surface area contributed by atoms with Crippen LogP contribution in [0.4, 0.5) is 0 Å². The van der Waals surface area contributed by atoms with Crippen molar-refractivity contribution in [2.24, 2.45) is 15.0 Å². The largest absolute Gasteiger partial charge is 0.375 e. The van der Waals surface area contributed by atoms with Gasteiger partial charge in [0.05, 0.1) is 31.2 Å². The zero-order valence-electron chi connectivity index (χ0n) is 15.2. The molecule has 3 unspecified atom stereocenters. The first-order valence-electron chi connectivity index (χ1n) is 9.05. The van der Waals surface area contributed by atoms with Crippen molar-refractivity contribution in [3.63, 3.8) is 0 Å². The Morgan fingerprint density at radius 1 is 1.26 bits per heavy atom. The number of hydrogen-bond acceptors (Lipinski definition) is 5. The summed E-state index contributed by atoms with van der Waals surface area (Å²) in [5.74, 6) is 1.59. The van der Waals surface area contributed by atoms with Crippen molar-refractivity contribution in [1.29, 1.82) is 0 Å². The normalized spacial score (nSPS) is 29.4. The minimum absolute atomic E-state index is 0.00186. The van der Waals surface area contributed by atoms with E-state index in [0.29, 0.717) is 18.3 Å². The van der Waals surface area contributed by atoms with Crippen LogP contribution in [0.1, 0.15) is 5.56 Å². The van der Waals surface area contributed by atoms with E-state index in [2.05, 4.69) is 39.9 Å². The highest BCUT2D eigenvalue weighted by molar-refractivity contribution is 8.12. The maximum Gasteiger partial charge on any atom is 0.197 e. The predicted molar refractivity (Wildman–Crippen MR) is 113 cm³/mol. The van der Waals surface area contributed by atoms with Crippen molar-refractivity contribution < 1.29 is 4.74 Å². The standard InChI is InChI=1S/C20H23N5OS/c1-26-17-9-5-8-16-18(17)24-20(23-12-15-11-21-13-27-15)25-19(16)22-10-14-6-3-2-4-7-14/h2-9,13,15,17-18H,10-12H2,1H3,(H2,22,23,24,25). The number of aliphatic imine (C=N–C) groups is 3. The monoisotopic (exact) mass is 381 g/mol. The number of nitrogens with zero attached hydrogens (tertiary/aromatic N) is 3. The number of ether oxygens (including phenoxy) is 1. The lowest BCUT2D eigenvalue weighted by Gasteiger charge is -2.36. The van der Waals surface area contributed by atoms with Gasteiger partial charge in [-0.2, -0.15) is 0 Å². The van der Waals surface area contributed by atoms with Gasteiger partial charge in [0.25, 0.3) is 0 Å². The summed E-state index contributed by atoms with van der Waals surface area (Å²) in [4.78, 5) is 13.8. The van der Waals surface area contributed by atoms with Gasteiger partial charge in [-0.05, 0) is 5.56 Å². The molecule has 0 amide bonds. The van der Waals surface area contributed by atoms with Crippen LogP contribution in [0.25, 0.3) is 0 Å². The van der Waals surface area contributed by atoms with Crippen LogP contribution in [-0.2, 0) is 11.3 Å². The molecule has 0 saturated carbocycles. The molecule has 1 saturated heterocycles. The fraction of sp³-hybridized carbons (Fsp3) is 0.350. The SMILES string of the molecule is COC1C=CC=C2C(=NCc3ccccc3)NC(=NCC3CN=CS3)NC21. The fourth-order valence-corrected chi connectivity index (χ4v) is 3.90. The van der Waals surface area contributed by atoms with Crippen LogP contribution in [0.2, 0.25) is 0 Å². The lowest BCUT2D eigenvalue weighted by atomic mass is 9.93. The van der Waals surface area contributed by atoms with Gasteiger partial charge in [-0.1, -0.05) is 48.6 Å². The van der Waals surface area contributed by atoms with Crippen LogP contribution in [0.15, 0.2) is 69.1 Å². The summed E-state index contributed by atoms with van der Waals surface area (Å²) in [7, 11) is 1.73. The number of fused-ring (bicyclic) bond motifs is 1. The number of guanidine groups is 1. The Morgan fingerprint density at radius 3 is 2.93 bits per heavy atom. The quantitative estimate of drug-likeness (QED) is 0.820. The van der Waals surface area contributed by atoms with Gasteiger partial charge in [0.2, 0.25) is 0 Å². The van der Waals surface area contributed by atoms with E-state index in [-0.39, 0.29) is 12.1 Å². The number of amidine groups is 1. The Kier molecular flexibility index (Phi) is 5.69. The second-order valence-corrected chi connectivity index (χ2v) is 7.67. The molecule has 2 N–H and O–H groups in total. The molecule has 0 spiro atoms. The van der Waals surface area contributed by atoms with Gasteiger partial charge >= 0.3 is 0 Å². The lowest BCUT2D eigenvalue weighted by molar-refractivity contribution is 0.121. The molecule has 3 atom stereocenters. The molecule has 1 aromatic carbocycles. The van der Waals surface area contributed by atoms with Gasteiger partial charge in [-0.25, -0.2) is 0 Å². The molecule has 1 aromatic rings. The highest BCUT2D eigenvalue weighted by atomic mass is 32.2. The average Bonchev–Trinajstić information content (AvgIpc) is 3.24.